The molecule has 4 aliphatic rings. The number of fused-ring (bicyclic) bond motifs is 5. The van der Waals surface area contributed by atoms with Crippen LogP contribution < -0.4 is 0 Å². The van der Waals surface area contributed by atoms with E-state index in [0.717, 1.165) is 37.5 Å². The Kier molecular flexibility index (Phi) is 3.16. The first-order chi connectivity index (χ1) is 10.3. The number of carbonyl (C=O) groups is 1. The molecule has 0 saturated heterocycles. The third-order valence-corrected chi connectivity index (χ3v) is 9.04. The summed E-state index contributed by atoms with van der Waals surface area (Å²) in [5.74, 6) is 3.44. The van der Waals surface area contributed by atoms with E-state index in [1.165, 1.54) is 32.1 Å². The smallest absolute Gasteiger partial charge is 0.133 e. The SMILES string of the molecule is C[C@]1(O)CCC2C3CC[C@H]4CC(=O)CC[C@]4(C)C3CC[C@@]21C. The third kappa shape index (κ3) is 1.79. The van der Waals surface area contributed by atoms with E-state index in [9.17, 15) is 9.90 Å². The second kappa shape index (κ2) is 4.59. The zero-order valence-electron chi connectivity index (χ0n) is 14.5. The predicted molar refractivity (Wildman–Crippen MR) is 87.4 cm³/mol. The van der Waals surface area contributed by atoms with Crippen molar-refractivity contribution in [2.75, 3.05) is 0 Å². The average molecular weight is 304 g/mol. The Hall–Kier alpha value is -0.370. The number of aliphatic hydroxyl groups is 1. The van der Waals surface area contributed by atoms with E-state index >= 15 is 0 Å². The van der Waals surface area contributed by atoms with E-state index in [0.29, 0.717) is 23.0 Å². The Morgan fingerprint density at radius 1 is 0.955 bits per heavy atom. The van der Waals surface area contributed by atoms with Crippen molar-refractivity contribution in [2.24, 2.45) is 34.5 Å². The van der Waals surface area contributed by atoms with Gasteiger partial charge in [-0.15, -0.1) is 0 Å². The summed E-state index contributed by atoms with van der Waals surface area (Å²) in [4.78, 5) is 11.9. The fourth-order valence-corrected chi connectivity index (χ4v) is 7.29. The van der Waals surface area contributed by atoms with Gasteiger partial charge in [0.25, 0.3) is 0 Å². The van der Waals surface area contributed by atoms with Crippen LogP contribution in [0.5, 0.6) is 0 Å². The summed E-state index contributed by atoms with van der Waals surface area (Å²) < 4.78 is 0. The normalized spacial score (nSPS) is 57.9. The van der Waals surface area contributed by atoms with E-state index in [1.54, 1.807) is 0 Å². The van der Waals surface area contributed by atoms with Gasteiger partial charge >= 0.3 is 0 Å². The van der Waals surface area contributed by atoms with Crippen molar-refractivity contribution in [3.63, 3.8) is 0 Å². The Labute approximate surface area is 135 Å². The van der Waals surface area contributed by atoms with Crippen molar-refractivity contribution < 1.29 is 9.90 Å². The van der Waals surface area contributed by atoms with Gasteiger partial charge in [0.2, 0.25) is 0 Å². The minimum absolute atomic E-state index is 0.127. The monoisotopic (exact) mass is 304 g/mol. The highest BCUT2D eigenvalue weighted by Crippen LogP contribution is 2.67. The maximum atomic E-state index is 11.9. The molecular weight excluding hydrogens is 272 g/mol. The highest BCUT2D eigenvalue weighted by atomic mass is 16.3. The van der Waals surface area contributed by atoms with Crippen molar-refractivity contribution in [3.8, 4) is 0 Å². The number of Topliss-reactive ketones (excluding diaryl/α,β-unsaturated/α-hetero) is 1. The summed E-state index contributed by atoms with van der Waals surface area (Å²) in [7, 11) is 0. The average Bonchev–Trinajstić information content (AvgIpc) is 2.70. The molecule has 0 aromatic heterocycles. The molecule has 0 aliphatic heterocycles. The number of carbonyl (C=O) groups excluding carboxylic acids is 1. The molecule has 2 heteroatoms. The molecule has 124 valence electrons. The first-order valence-corrected chi connectivity index (χ1v) is 9.52. The molecule has 0 aromatic rings. The van der Waals surface area contributed by atoms with Crippen LogP contribution >= 0.6 is 0 Å². The van der Waals surface area contributed by atoms with E-state index in [-0.39, 0.29) is 5.41 Å². The Balaban J connectivity index is 1.65. The summed E-state index contributed by atoms with van der Waals surface area (Å²) in [6.45, 7) is 6.94. The molecule has 22 heavy (non-hydrogen) atoms. The van der Waals surface area contributed by atoms with Gasteiger partial charge in [0.1, 0.15) is 5.78 Å². The van der Waals surface area contributed by atoms with Crippen molar-refractivity contribution in [1.29, 1.82) is 0 Å². The largest absolute Gasteiger partial charge is 0.390 e. The molecule has 0 amide bonds. The van der Waals surface area contributed by atoms with Crippen LogP contribution in [-0.4, -0.2) is 16.5 Å². The minimum atomic E-state index is -0.469. The Morgan fingerprint density at radius 2 is 1.68 bits per heavy atom. The lowest BCUT2D eigenvalue weighted by molar-refractivity contribution is -0.152. The van der Waals surface area contributed by atoms with E-state index < -0.39 is 5.60 Å². The summed E-state index contributed by atoms with van der Waals surface area (Å²) in [5.41, 5.74) is 0.0530. The maximum absolute atomic E-state index is 11.9. The molecule has 4 aliphatic carbocycles. The molecule has 2 nitrogen and oxygen atoms in total. The second-order valence-electron chi connectivity index (χ2n) is 9.67. The van der Waals surface area contributed by atoms with Crippen LogP contribution in [0, 0.1) is 34.5 Å². The van der Waals surface area contributed by atoms with E-state index in [2.05, 4.69) is 20.8 Å². The topological polar surface area (TPSA) is 37.3 Å². The van der Waals surface area contributed by atoms with Crippen molar-refractivity contribution in [1.82, 2.24) is 0 Å². The predicted octanol–water partition coefficient (Wildman–Crippen LogP) is 4.35. The van der Waals surface area contributed by atoms with Crippen LogP contribution in [0.2, 0.25) is 0 Å². The molecule has 0 spiro atoms. The van der Waals surface area contributed by atoms with Gasteiger partial charge in [0.15, 0.2) is 0 Å². The number of ketones is 1. The van der Waals surface area contributed by atoms with Crippen LogP contribution in [0.1, 0.15) is 78.6 Å². The fourth-order valence-electron chi connectivity index (χ4n) is 7.29. The molecular formula is C20H32O2. The van der Waals surface area contributed by atoms with Gasteiger partial charge in [-0.1, -0.05) is 13.8 Å². The lowest BCUT2D eigenvalue weighted by Crippen LogP contribution is -2.55. The first-order valence-electron chi connectivity index (χ1n) is 9.52. The molecule has 3 unspecified atom stereocenters. The highest BCUT2D eigenvalue weighted by Gasteiger charge is 2.63. The van der Waals surface area contributed by atoms with Gasteiger partial charge in [0.05, 0.1) is 5.60 Å². The van der Waals surface area contributed by atoms with E-state index in [1.807, 2.05) is 0 Å². The third-order valence-electron chi connectivity index (χ3n) is 9.04. The zero-order chi connectivity index (χ0) is 15.8. The van der Waals surface area contributed by atoms with Gasteiger partial charge in [-0.25, -0.2) is 0 Å². The minimum Gasteiger partial charge on any atom is -0.390 e. The summed E-state index contributed by atoms with van der Waals surface area (Å²) in [6.07, 6.45) is 9.98. The summed E-state index contributed by atoms with van der Waals surface area (Å²) >= 11 is 0. The van der Waals surface area contributed by atoms with Crippen LogP contribution in [0.4, 0.5) is 0 Å². The van der Waals surface area contributed by atoms with Gasteiger partial charge in [-0.05, 0) is 86.4 Å². The fraction of sp³-hybridized carbons (Fsp3) is 0.950. The van der Waals surface area contributed by atoms with Crippen LogP contribution in [0.15, 0.2) is 0 Å². The molecule has 7 atom stereocenters. The van der Waals surface area contributed by atoms with Crippen LogP contribution in [0.3, 0.4) is 0 Å². The molecule has 1 N–H and O–H groups in total. The molecule has 0 bridgehead atoms. The maximum Gasteiger partial charge on any atom is 0.133 e. The van der Waals surface area contributed by atoms with Gasteiger partial charge in [-0.2, -0.15) is 0 Å². The molecule has 0 aromatic carbocycles. The number of rotatable bonds is 0. The molecule has 4 saturated carbocycles. The molecule has 4 rings (SSSR count). The van der Waals surface area contributed by atoms with Crippen molar-refractivity contribution in [3.05, 3.63) is 0 Å². The highest BCUT2D eigenvalue weighted by molar-refractivity contribution is 5.79. The summed E-state index contributed by atoms with van der Waals surface area (Å²) in [5, 5.41) is 10.9. The van der Waals surface area contributed by atoms with Crippen molar-refractivity contribution >= 4 is 5.78 Å². The van der Waals surface area contributed by atoms with Gasteiger partial charge in [0, 0.05) is 12.8 Å². The lowest BCUT2D eigenvalue weighted by Gasteiger charge is -2.60. The van der Waals surface area contributed by atoms with Gasteiger partial charge < -0.3 is 5.11 Å². The number of hydrogen-bond acceptors (Lipinski definition) is 2. The Bertz CT molecular complexity index is 496. The lowest BCUT2D eigenvalue weighted by atomic mass is 9.44. The Morgan fingerprint density at radius 3 is 2.45 bits per heavy atom. The van der Waals surface area contributed by atoms with E-state index in [4.69, 9.17) is 0 Å². The first kappa shape index (κ1) is 15.2. The molecule has 0 radical (unpaired) electrons. The van der Waals surface area contributed by atoms with Crippen LogP contribution in [-0.2, 0) is 4.79 Å². The zero-order valence-corrected chi connectivity index (χ0v) is 14.5. The molecule has 4 fully saturated rings. The van der Waals surface area contributed by atoms with Crippen LogP contribution in [0.25, 0.3) is 0 Å². The quantitative estimate of drug-likeness (QED) is 0.722. The van der Waals surface area contributed by atoms with Crippen molar-refractivity contribution in [2.45, 2.75) is 84.2 Å². The van der Waals surface area contributed by atoms with Gasteiger partial charge in [-0.3, -0.25) is 4.79 Å². The molecule has 0 heterocycles. The standard InChI is InChI=1S/C20H32O2/c1-18-9-6-14(21)12-13(18)4-5-15-16(18)7-10-19(2)17(15)8-11-20(19,3)22/h13,15-17,22H,4-12H2,1-3H3/t13-,15?,16?,17?,18-,19-,20-/m0/s1. The summed E-state index contributed by atoms with van der Waals surface area (Å²) in [6, 6.07) is 0. The number of hydrogen-bond donors (Lipinski definition) is 1. The second-order valence-corrected chi connectivity index (χ2v) is 9.67.